The van der Waals surface area contributed by atoms with Gasteiger partial charge in [-0.05, 0) is 55.2 Å². The third-order valence-electron chi connectivity index (χ3n) is 7.34. The molecule has 1 aromatic rings. The van der Waals surface area contributed by atoms with E-state index in [0.29, 0.717) is 30.6 Å². The highest BCUT2D eigenvalue weighted by Crippen LogP contribution is 2.44. The number of carbonyl (C=O) groups is 2. The molecule has 2 aliphatic carbocycles. The molecule has 0 saturated carbocycles. The number of carboxylic acids is 1. The molecule has 4 N–H and O–H groups in total. The topological polar surface area (TPSA) is 157 Å². The molecule has 9 heteroatoms. The third kappa shape index (κ3) is 7.67. The van der Waals surface area contributed by atoms with Gasteiger partial charge in [0.15, 0.2) is 6.10 Å². The summed E-state index contributed by atoms with van der Waals surface area (Å²) in [5.74, 6) is -1.51. The number of rotatable bonds is 12. The average molecular weight is 528 g/mol. The molecule has 38 heavy (non-hydrogen) atoms. The number of para-hydroxylation sites is 1. The van der Waals surface area contributed by atoms with Crippen molar-refractivity contribution in [2.75, 3.05) is 0 Å². The summed E-state index contributed by atoms with van der Waals surface area (Å²) in [5.41, 5.74) is 1.18. The molecule has 0 amide bonds. The fourth-order valence-electron chi connectivity index (χ4n) is 5.43. The van der Waals surface area contributed by atoms with Crippen LogP contribution in [0.4, 0.5) is 0 Å². The molecular weight excluding hydrogens is 490 g/mol. The van der Waals surface area contributed by atoms with Crippen LogP contribution in [0.25, 0.3) is 0 Å². The van der Waals surface area contributed by atoms with Crippen molar-refractivity contribution in [3.8, 4) is 11.8 Å². The summed E-state index contributed by atoms with van der Waals surface area (Å²) in [4.78, 5) is 24.0. The standard InChI is InChI=1S/C29H37NO8/c1-3-24(37-25-7-5-4-6-19(25)16-30)29(36)38-26-14-21(32)12-18-9-8-17(2)23(28(18)26)11-10-20(31)13-22(33)15-27(34)35/h4-9,12,17,20-24,26,28,31-33H,3,10-11,13-15H2,1-2H3,(H,34,35)/t17-,20+,21+,22+,23-,24?,26-,28-/m0/s1. The molecule has 0 aliphatic heterocycles. The average Bonchev–Trinajstić information content (AvgIpc) is 2.86. The van der Waals surface area contributed by atoms with Gasteiger partial charge in [-0.1, -0.05) is 44.2 Å². The number of aliphatic hydroxyl groups excluding tert-OH is 3. The molecule has 0 fully saturated rings. The summed E-state index contributed by atoms with van der Waals surface area (Å²) in [5, 5.41) is 49.0. The number of ether oxygens (including phenoxy) is 2. The summed E-state index contributed by atoms with van der Waals surface area (Å²) in [6.45, 7) is 3.83. The second-order valence-corrected chi connectivity index (χ2v) is 10.2. The monoisotopic (exact) mass is 527 g/mol. The number of benzene rings is 1. The number of nitrogens with zero attached hydrogens (tertiary/aromatic N) is 1. The number of hydrogen-bond donors (Lipinski definition) is 4. The second kappa shape index (κ2) is 13.6. The first-order valence-corrected chi connectivity index (χ1v) is 13.1. The van der Waals surface area contributed by atoms with Crippen LogP contribution < -0.4 is 4.74 Å². The first-order chi connectivity index (χ1) is 18.1. The minimum absolute atomic E-state index is 0.0110. The highest BCUT2D eigenvalue weighted by Gasteiger charge is 2.42. The first kappa shape index (κ1) is 29.4. The zero-order valence-electron chi connectivity index (χ0n) is 21.8. The van der Waals surface area contributed by atoms with Gasteiger partial charge in [-0.3, -0.25) is 4.79 Å². The predicted octanol–water partition coefficient (Wildman–Crippen LogP) is 3.12. The molecule has 3 rings (SSSR count). The van der Waals surface area contributed by atoms with Gasteiger partial charge in [-0.25, -0.2) is 4.79 Å². The van der Waals surface area contributed by atoms with Gasteiger partial charge >= 0.3 is 11.9 Å². The Labute approximate surface area is 223 Å². The zero-order chi connectivity index (χ0) is 27.8. The maximum atomic E-state index is 13.2. The van der Waals surface area contributed by atoms with Gasteiger partial charge in [0.25, 0.3) is 0 Å². The van der Waals surface area contributed by atoms with E-state index >= 15 is 0 Å². The molecule has 206 valence electrons. The second-order valence-electron chi connectivity index (χ2n) is 10.2. The summed E-state index contributed by atoms with van der Waals surface area (Å²) in [7, 11) is 0. The van der Waals surface area contributed by atoms with Crippen molar-refractivity contribution >= 4 is 11.9 Å². The number of nitriles is 1. The van der Waals surface area contributed by atoms with Crippen molar-refractivity contribution in [2.45, 2.75) is 82.9 Å². The van der Waals surface area contributed by atoms with E-state index in [4.69, 9.17) is 14.6 Å². The van der Waals surface area contributed by atoms with Crippen molar-refractivity contribution in [3.63, 3.8) is 0 Å². The van der Waals surface area contributed by atoms with Crippen LogP contribution in [0.1, 0.15) is 57.9 Å². The lowest BCUT2D eigenvalue weighted by Crippen LogP contribution is -2.44. The van der Waals surface area contributed by atoms with Crippen LogP contribution in [0.5, 0.6) is 5.75 Å². The van der Waals surface area contributed by atoms with E-state index in [-0.39, 0.29) is 30.6 Å². The molecule has 0 spiro atoms. The molecule has 9 nitrogen and oxygen atoms in total. The largest absolute Gasteiger partial charge is 0.481 e. The predicted molar refractivity (Wildman–Crippen MR) is 138 cm³/mol. The fourth-order valence-corrected chi connectivity index (χ4v) is 5.43. The lowest BCUT2D eigenvalue weighted by atomic mass is 9.66. The van der Waals surface area contributed by atoms with Crippen LogP contribution in [-0.4, -0.2) is 62.9 Å². The Morgan fingerprint density at radius 2 is 1.95 bits per heavy atom. The lowest BCUT2D eigenvalue weighted by Gasteiger charge is -2.43. The molecule has 1 aromatic carbocycles. The first-order valence-electron chi connectivity index (χ1n) is 13.1. The van der Waals surface area contributed by atoms with Crippen LogP contribution >= 0.6 is 0 Å². The van der Waals surface area contributed by atoms with Crippen molar-refractivity contribution in [3.05, 3.63) is 53.6 Å². The zero-order valence-corrected chi connectivity index (χ0v) is 21.8. The lowest BCUT2D eigenvalue weighted by molar-refractivity contribution is -0.163. The molecule has 8 atom stereocenters. The molecule has 0 heterocycles. The molecule has 2 aliphatic rings. The number of allylic oxidation sites excluding steroid dienone is 2. The Bertz CT molecular complexity index is 1080. The van der Waals surface area contributed by atoms with E-state index in [2.05, 4.69) is 6.07 Å². The van der Waals surface area contributed by atoms with Gasteiger partial charge in [0.1, 0.15) is 17.9 Å². The third-order valence-corrected chi connectivity index (χ3v) is 7.34. The maximum absolute atomic E-state index is 13.2. The van der Waals surface area contributed by atoms with E-state index < -0.39 is 48.9 Å². The number of fused-ring (bicyclic) bond motifs is 1. The number of carbonyl (C=O) groups excluding carboxylic acids is 1. The minimum Gasteiger partial charge on any atom is -0.481 e. The number of aliphatic carboxylic acids is 1. The van der Waals surface area contributed by atoms with Crippen LogP contribution in [0.15, 0.2) is 48.1 Å². The number of esters is 1. The molecule has 1 unspecified atom stereocenters. The minimum atomic E-state index is -1.13. The van der Waals surface area contributed by atoms with E-state index in [1.54, 1.807) is 37.3 Å². The molecule has 0 bridgehead atoms. The Kier molecular flexibility index (Phi) is 10.5. The van der Waals surface area contributed by atoms with Gasteiger partial charge in [0.2, 0.25) is 0 Å². The number of aliphatic hydroxyl groups is 3. The number of carboxylic acid groups (broad SMARTS) is 1. The van der Waals surface area contributed by atoms with Crippen LogP contribution in [0, 0.1) is 29.1 Å². The Morgan fingerprint density at radius 3 is 2.63 bits per heavy atom. The van der Waals surface area contributed by atoms with Gasteiger partial charge in [-0.2, -0.15) is 5.26 Å². The van der Waals surface area contributed by atoms with Crippen molar-refractivity contribution in [2.24, 2.45) is 17.8 Å². The van der Waals surface area contributed by atoms with Gasteiger partial charge in [0, 0.05) is 12.3 Å². The van der Waals surface area contributed by atoms with Crippen molar-refractivity contribution in [1.29, 1.82) is 5.26 Å². The molecule has 0 aromatic heterocycles. The van der Waals surface area contributed by atoms with E-state index in [0.717, 1.165) is 5.57 Å². The normalized spacial score (nSPS) is 26.7. The summed E-state index contributed by atoms with van der Waals surface area (Å²) in [6, 6.07) is 8.72. The van der Waals surface area contributed by atoms with Gasteiger partial charge in [0.05, 0.1) is 30.3 Å². The Hall–Kier alpha value is -3.19. The maximum Gasteiger partial charge on any atom is 0.347 e. The van der Waals surface area contributed by atoms with E-state index in [1.807, 2.05) is 19.1 Å². The fraction of sp³-hybridized carbons (Fsp3) is 0.552. The highest BCUT2D eigenvalue weighted by molar-refractivity contribution is 5.75. The van der Waals surface area contributed by atoms with Crippen LogP contribution in [-0.2, 0) is 14.3 Å². The smallest absolute Gasteiger partial charge is 0.347 e. The quantitative estimate of drug-likeness (QED) is 0.300. The molecular formula is C29H37NO8. The number of hydrogen-bond acceptors (Lipinski definition) is 8. The molecule has 0 radical (unpaired) electrons. The summed E-state index contributed by atoms with van der Waals surface area (Å²) < 4.78 is 11.8. The van der Waals surface area contributed by atoms with Gasteiger partial charge < -0.3 is 29.9 Å². The molecule has 0 saturated heterocycles. The Balaban J connectivity index is 1.72. The Morgan fingerprint density at radius 1 is 1.21 bits per heavy atom. The van der Waals surface area contributed by atoms with Crippen molar-refractivity contribution in [1.82, 2.24) is 0 Å². The highest BCUT2D eigenvalue weighted by atomic mass is 16.6. The van der Waals surface area contributed by atoms with E-state index in [1.165, 1.54) is 0 Å². The van der Waals surface area contributed by atoms with Crippen molar-refractivity contribution < 1.29 is 39.5 Å². The summed E-state index contributed by atoms with van der Waals surface area (Å²) >= 11 is 0. The van der Waals surface area contributed by atoms with E-state index in [9.17, 15) is 30.2 Å². The van der Waals surface area contributed by atoms with Gasteiger partial charge in [-0.15, -0.1) is 0 Å². The SMILES string of the molecule is CCC(Oc1ccccc1C#N)C(=O)O[C@H]1C[C@H](O)C=C2C=C[C@H](C)[C@H](CC[C@@H](O)C[C@@H](O)CC(=O)O)[C@H]21. The van der Waals surface area contributed by atoms with Crippen LogP contribution in [0.3, 0.4) is 0 Å². The van der Waals surface area contributed by atoms with Crippen LogP contribution in [0.2, 0.25) is 0 Å². The summed E-state index contributed by atoms with van der Waals surface area (Å²) in [6.07, 6.45) is 2.42.